The number of anilines is 3. The molecule has 11 nitrogen and oxygen atoms in total. The number of aryl methyl sites for hydroxylation is 1. The van der Waals surface area contributed by atoms with Crippen LogP contribution in [0.25, 0.3) is 0 Å². The van der Waals surface area contributed by atoms with Crippen molar-refractivity contribution in [1.29, 1.82) is 0 Å². The molecule has 180 valence electrons. The van der Waals surface area contributed by atoms with Crippen molar-refractivity contribution in [3.63, 3.8) is 0 Å². The van der Waals surface area contributed by atoms with E-state index in [1.807, 2.05) is 26.0 Å². The number of nitrogens with one attached hydrogen (secondary N) is 2. The smallest absolute Gasteiger partial charge is 0.291 e. The summed E-state index contributed by atoms with van der Waals surface area (Å²) < 4.78 is 3.57. The van der Waals surface area contributed by atoms with E-state index in [0.717, 1.165) is 23.1 Å². The van der Waals surface area contributed by atoms with Gasteiger partial charge in [-0.25, -0.2) is 9.36 Å². The Morgan fingerprint density at radius 2 is 1.70 bits per heavy atom. The van der Waals surface area contributed by atoms with Gasteiger partial charge in [-0.1, -0.05) is 32.1 Å². The van der Waals surface area contributed by atoms with Crippen LogP contribution in [-0.2, 0) is 21.1 Å². The molecule has 0 saturated heterocycles. The number of aromatic hydroxyl groups is 1. The Labute approximate surface area is 192 Å². The number of hydrogen-bond acceptors (Lipinski definition) is 7. The van der Waals surface area contributed by atoms with E-state index in [9.17, 15) is 19.5 Å². The fraction of sp³-hybridized carbons (Fsp3) is 0.455. The molecule has 0 atom stereocenters. The summed E-state index contributed by atoms with van der Waals surface area (Å²) in [4.78, 5) is 39.5. The maximum Gasteiger partial charge on any atom is 0.291 e. The van der Waals surface area contributed by atoms with Gasteiger partial charge in [-0.3, -0.25) is 19.1 Å². The second-order valence-electron chi connectivity index (χ2n) is 7.51. The first-order valence-corrected chi connectivity index (χ1v) is 10.8. The summed E-state index contributed by atoms with van der Waals surface area (Å²) in [5.41, 5.74) is 0.0206. The Kier molecular flexibility index (Phi) is 8.27. The minimum atomic E-state index is -0.497. The summed E-state index contributed by atoms with van der Waals surface area (Å²) in [6, 6.07) is 0. The van der Waals surface area contributed by atoms with E-state index in [2.05, 4.69) is 21.8 Å². The molecule has 3 N–H and O–H groups in total. The van der Waals surface area contributed by atoms with Gasteiger partial charge in [0.05, 0.1) is 0 Å². The lowest BCUT2D eigenvalue weighted by Gasteiger charge is -2.16. The molecule has 1 aliphatic carbocycles. The van der Waals surface area contributed by atoms with Crippen LogP contribution in [0.5, 0.6) is 5.75 Å². The minimum absolute atomic E-state index is 0.0415. The maximum absolute atomic E-state index is 12.9. The molecule has 0 bridgehead atoms. The molecule has 0 aliphatic heterocycles. The zero-order valence-electron chi connectivity index (χ0n) is 20.3. The van der Waals surface area contributed by atoms with Gasteiger partial charge in [-0.05, 0) is 18.4 Å². The van der Waals surface area contributed by atoms with Gasteiger partial charge in [-0.2, -0.15) is 5.10 Å². The standard InChI is InChI=1S/C20H27N7O4.C2H6/c1-24(2)20(31)15-16(28)17(23-25(15)3)22-14-13(18(29)26(4)27(5)19(14)30)21-11-12-9-7-6-8-10-12;1-2/h7,9-10,21,28H,6,8,11H2,1-5H3,(H,22,23);1-2H3. The quantitative estimate of drug-likeness (QED) is 0.600. The van der Waals surface area contributed by atoms with Crippen molar-refractivity contribution in [1.82, 2.24) is 24.0 Å². The highest BCUT2D eigenvalue weighted by atomic mass is 16.3. The van der Waals surface area contributed by atoms with Gasteiger partial charge in [0, 0.05) is 41.8 Å². The molecular weight excluding hydrogens is 426 g/mol. The third-order valence-corrected chi connectivity index (χ3v) is 5.13. The van der Waals surface area contributed by atoms with Crippen molar-refractivity contribution in [2.75, 3.05) is 31.3 Å². The third-order valence-electron chi connectivity index (χ3n) is 5.13. The molecule has 0 unspecified atom stereocenters. The molecule has 1 aliphatic rings. The van der Waals surface area contributed by atoms with Gasteiger partial charge < -0.3 is 20.6 Å². The minimum Gasteiger partial charge on any atom is -0.503 e. The van der Waals surface area contributed by atoms with Gasteiger partial charge in [0.25, 0.3) is 17.0 Å². The van der Waals surface area contributed by atoms with Gasteiger partial charge in [0.2, 0.25) is 0 Å². The maximum atomic E-state index is 12.9. The summed E-state index contributed by atoms with van der Waals surface area (Å²) in [6.07, 6.45) is 7.97. The normalized spacial score (nSPS) is 12.5. The molecule has 3 rings (SSSR count). The highest BCUT2D eigenvalue weighted by Crippen LogP contribution is 2.30. The van der Waals surface area contributed by atoms with Crippen LogP contribution in [0.1, 0.15) is 37.2 Å². The molecular formula is C22H33N7O4. The molecule has 0 fully saturated rings. The first kappa shape index (κ1) is 25.5. The zero-order valence-corrected chi connectivity index (χ0v) is 20.3. The van der Waals surface area contributed by atoms with E-state index in [1.54, 1.807) is 14.1 Å². The van der Waals surface area contributed by atoms with Crippen molar-refractivity contribution in [2.45, 2.75) is 26.7 Å². The number of allylic oxidation sites excluding steroid dienone is 2. The van der Waals surface area contributed by atoms with Crippen LogP contribution in [0.4, 0.5) is 17.2 Å². The monoisotopic (exact) mass is 459 g/mol. The number of aromatic nitrogens is 4. The molecule has 33 heavy (non-hydrogen) atoms. The SMILES string of the molecule is CC.CN(C)C(=O)c1c(O)c(Nc2c(NCC3=CCCC=C3)c(=O)n(C)n(C)c2=O)nn1C. The third kappa shape index (κ3) is 5.18. The fourth-order valence-corrected chi connectivity index (χ4v) is 3.25. The van der Waals surface area contributed by atoms with Crippen LogP contribution in [0.3, 0.4) is 0 Å². The molecule has 11 heteroatoms. The van der Waals surface area contributed by atoms with Crippen molar-refractivity contribution in [3.05, 3.63) is 50.2 Å². The van der Waals surface area contributed by atoms with E-state index in [4.69, 9.17) is 0 Å². The Balaban J connectivity index is 0.00000187. The van der Waals surface area contributed by atoms with Crippen LogP contribution >= 0.6 is 0 Å². The molecule has 0 saturated carbocycles. The second kappa shape index (κ2) is 10.7. The Morgan fingerprint density at radius 1 is 1.09 bits per heavy atom. The van der Waals surface area contributed by atoms with Crippen LogP contribution in [0.2, 0.25) is 0 Å². The molecule has 0 spiro atoms. The molecule has 2 heterocycles. The van der Waals surface area contributed by atoms with E-state index in [-0.39, 0.29) is 22.9 Å². The van der Waals surface area contributed by atoms with Gasteiger partial charge in [0.15, 0.2) is 17.3 Å². The average Bonchev–Trinajstić information content (AvgIpc) is 3.09. The summed E-state index contributed by atoms with van der Waals surface area (Å²) in [5.74, 6) is -0.961. The fourth-order valence-electron chi connectivity index (χ4n) is 3.25. The lowest BCUT2D eigenvalue weighted by molar-refractivity contribution is 0.0814. The summed E-state index contributed by atoms with van der Waals surface area (Å²) in [5, 5.41) is 20.5. The van der Waals surface area contributed by atoms with Crippen LogP contribution in [0, 0.1) is 0 Å². The number of hydrogen-bond donors (Lipinski definition) is 3. The van der Waals surface area contributed by atoms with Crippen LogP contribution < -0.4 is 21.8 Å². The lowest BCUT2D eigenvalue weighted by atomic mass is 10.1. The number of rotatable bonds is 6. The number of carbonyl (C=O) groups is 1. The lowest BCUT2D eigenvalue weighted by Crippen LogP contribution is -2.38. The predicted octanol–water partition coefficient (Wildman–Crippen LogP) is 1.68. The highest BCUT2D eigenvalue weighted by molar-refractivity contribution is 5.97. The molecule has 1 amide bonds. The largest absolute Gasteiger partial charge is 0.503 e. The highest BCUT2D eigenvalue weighted by Gasteiger charge is 2.25. The average molecular weight is 460 g/mol. The Bertz CT molecular complexity index is 1200. The van der Waals surface area contributed by atoms with Crippen molar-refractivity contribution < 1.29 is 9.90 Å². The summed E-state index contributed by atoms with van der Waals surface area (Å²) in [6.45, 7) is 4.35. The predicted molar refractivity (Wildman–Crippen MR) is 129 cm³/mol. The van der Waals surface area contributed by atoms with Crippen molar-refractivity contribution >= 4 is 23.1 Å². The zero-order chi connectivity index (χ0) is 24.9. The van der Waals surface area contributed by atoms with Gasteiger partial charge in [-0.15, -0.1) is 0 Å². The Morgan fingerprint density at radius 3 is 2.24 bits per heavy atom. The molecule has 0 radical (unpaired) electrons. The van der Waals surface area contributed by atoms with Crippen molar-refractivity contribution in [2.24, 2.45) is 21.1 Å². The molecule has 0 aromatic carbocycles. The van der Waals surface area contributed by atoms with Gasteiger partial charge in [0.1, 0.15) is 11.4 Å². The Hall–Kier alpha value is -3.76. The first-order valence-electron chi connectivity index (χ1n) is 10.8. The molecule has 2 aromatic rings. The topological polar surface area (TPSA) is 126 Å². The van der Waals surface area contributed by atoms with Crippen molar-refractivity contribution in [3.8, 4) is 5.75 Å². The number of amides is 1. The van der Waals surface area contributed by atoms with E-state index in [1.165, 1.54) is 35.4 Å². The first-order chi connectivity index (χ1) is 15.6. The molecule has 2 aromatic heterocycles. The summed E-state index contributed by atoms with van der Waals surface area (Å²) >= 11 is 0. The van der Waals surface area contributed by atoms with E-state index in [0.29, 0.717) is 6.54 Å². The summed E-state index contributed by atoms with van der Waals surface area (Å²) in [7, 11) is 7.56. The number of nitrogens with zero attached hydrogens (tertiary/aromatic N) is 5. The van der Waals surface area contributed by atoms with E-state index < -0.39 is 22.8 Å². The van der Waals surface area contributed by atoms with Gasteiger partial charge >= 0.3 is 0 Å². The second-order valence-corrected chi connectivity index (χ2v) is 7.51. The van der Waals surface area contributed by atoms with Crippen LogP contribution in [0.15, 0.2) is 33.4 Å². The number of carbonyl (C=O) groups excluding carboxylic acids is 1. The van der Waals surface area contributed by atoms with E-state index >= 15 is 0 Å². The van der Waals surface area contributed by atoms with Crippen LogP contribution in [-0.4, -0.2) is 55.7 Å².